The summed E-state index contributed by atoms with van der Waals surface area (Å²) in [5.41, 5.74) is 12.5. The summed E-state index contributed by atoms with van der Waals surface area (Å²) in [7, 11) is 0. The Bertz CT molecular complexity index is 714. The van der Waals surface area contributed by atoms with Crippen LogP contribution in [-0.4, -0.2) is 27.2 Å². The second-order valence-corrected chi connectivity index (χ2v) is 5.52. The monoisotopic (exact) mass is 320 g/mol. The molecule has 0 fully saturated rings. The van der Waals surface area contributed by atoms with Gasteiger partial charge in [-0.1, -0.05) is 0 Å². The Morgan fingerprint density at radius 3 is 2.59 bits per heavy atom. The van der Waals surface area contributed by atoms with Crippen LogP contribution < -0.4 is 22.1 Å². The van der Waals surface area contributed by atoms with Crippen LogP contribution >= 0.6 is 11.5 Å². The normalized spacial score (nSPS) is 11.7. The van der Waals surface area contributed by atoms with E-state index in [1.807, 2.05) is 13.0 Å². The molecule has 0 aliphatic carbocycles. The average Bonchev–Trinajstić information content (AvgIpc) is 2.83. The molecule has 0 saturated carbocycles. The minimum Gasteiger partial charge on any atom is -0.373 e. The summed E-state index contributed by atoms with van der Waals surface area (Å²) in [4.78, 5) is 26.6. The lowest BCUT2D eigenvalue weighted by Gasteiger charge is -2.14. The zero-order valence-electron chi connectivity index (χ0n) is 12.1. The molecule has 6 N–H and O–H groups in total. The first-order valence-corrected chi connectivity index (χ1v) is 7.20. The first-order chi connectivity index (χ1) is 10.4. The van der Waals surface area contributed by atoms with E-state index < -0.39 is 17.9 Å². The summed E-state index contributed by atoms with van der Waals surface area (Å²) in [5.74, 6) is -1.15. The predicted molar refractivity (Wildman–Crippen MR) is 85.2 cm³/mol. The molecule has 2 heterocycles. The van der Waals surface area contributed by atoms with Crippen molar-refractivity contribution in [1.82, 2.24) is 9.36 Å². The minimum absolute atomic E-state index is 0.100. The number of hydrogen-bond donors (Lipinski definition) is 4. The highest BCUT2D eigenvalue weighted by Gasteiger charge is 2.14. The molecule has 0 aliphatic heterocycles. The zero-order chi connectivity index (χ0) is 16.3. The largest absolute Gasteiger partial charge is 0.373 e. The third kappa shape index (κ3) is 3.70. The van der Waals surface area contributed by atoms with Crippen molar-refractivity contribution in [1.29, 1.82) is 0 Å². The molecule has 8 nitrogen and oxygen atoms in total. The molecule has 1 atom stereocenters. The Morgan fingerprint density at radius 1 is 1.32 bits per heavy atom. The first kappa shape index (κ1) is 15.7. The summed E-state index contributed by atoms with van der Waals surface area (Å²) in [6.07, 6.45) is 1.42. The molecule has 2 aromatic rings. The smallest absolute Gasteiger partial charge is 0.269 e. The Kier molecular flexibility index (Phi) is 4.56. The number of nitrogens with zero attached hydrogens (tertiary/aromatic N) is 2. The van der Waals surface area contributed by atoms with Crippen molar-refractivity contribution in [3.8, 4) is 0 Å². The van der Waals surface area contributed by atoms with Gasteiger partial charge in [0.2, 0.25) is 5.91 Å². The number of aryl methyl sites for hydroxylation is 1. The number of rotatable bonds is 6. The fourth-order valence-electron chi connectivity index (χ4n) is 1.71. The second kappa shape index (κ2) is 6.39. The maximum atomic E-state index is 11.5. The highest BCUT2D eigenvalue weighted by Crippen LogP contribution is 2.26. The topological polar surface area (TPSA) is 136 Å². The molecule has 0 spiro atoms. The summed E-state index contributed by atoms with van der Waals surface area (Å²) in [6.45, 7) is 3.49. The summed E-state index contributed by atoms with van der Waals surface area (Å²) >= 11 is 1.25. The van der Waals surface area contributed by atoms with Crippen LogP contribution in [0.4, 0.5) is 16.4 Å². The van der Waals surface area contributed by atoms with Gasteiger partial charge < -0.3 is 22.1 Å². The van der Waals surface area contributed by atoms with E-state index in [1.54, 1.807) is 13.0 Å². The highest BCUT2D eigenvalue weighted by atomic mass is 32.1. The van der Waals surface area contributed by atoms with Crippen molar-refractivity contribution in [2.75, 3.05) is 10.6 Å². The van der Waals surface area contributed by atoms with Crippen LogP contribution in [0.5, 0.6) is 0 Å². The molecule has 9 heteroatoms. The van der Waals surface area contributed by atoms with Gasteiger partial charge in [0, 0.05) is 0 Å². The lowest BCUT2D eigenvalue weighted by Crippen LogP contribution is -2.32. The van der Waals surface area contributed by atoms with Gasteiger partial charge in [-0.25, -0.2) is 4.98 Å². The molecule has 0 aromatic carbocycles. The molecule has 1 unspecified atom stereocenters. The number of nitrogens with one attached hydrogen (secondary N) is 2. The molecular formula is C13H16N6O2S. The minimum atomic E-state index is -0.654. The Hall–Kier alpha value is -2.68. The van der Waals surface area contributed by atoms with E-state index in [0.717, 1.165) is 10.7 Å². The molecule has 0 bridgehead atoms. The van der Waals surface area contributed by atoms with Crippen molar-refractivity contribution in [3.63, 3.8) is 0 Å². The number of hydrogen-bond acceptors (Lipinski definition) is 7. The fourth-order valence-corrected chi connectivity index (χ4v) is 2.39. The quantitative estimate of drug-likeness (QED) is 0.626. The van der Waals surface area contributed by atoms with E-state index in [0.29, 0.717) is 11.4 Å². The number of pyridine rings is 1. The number of carbonyl (C=O) groups excluding carboxylic acids is 2. The molecule has 2 aromatic heterocycles. The third-order valence-electron chi connectivity index (χ3n) is 2.82. The van der Waals surface area contributed by atoms with Crippen molar-refractivity contribution in [2.45, 2.75) is 19.9 Å². The number of carbonyl (C=O) groups is 2. The first-order valence-electron chi connectivity index (χ1n) is 6.43. The van der Waals surface area contributed by atoms with Crippen LogP contribution in [0.1, 0.15) is 23.1 Å². The number of amides is 2. The van der Waals surface area contributed by atoms with E-state index in [2.05, 4.69) is 20.0 Å². The SMILES string of the molecule is Cc1cc(Nc2cc(NC(C)C(N)=O)cnc2C(N)=O)sn1. The van der Waals surface area contributed by atoms with Gasteiger partial charge in [0.1, 0.15) is 11.0 Å². The van der Waals surface area contributed by atoms with Gasteiger partial charge in [-0.2, -0.15) is 4.37 Å². The van der Waals surface area contributed by atoms with Crippen molar-refractivity contribution in [3.05, 3.63) is 29.7 Å². The molecule has 0 radical (unpaired) electrons. The van der Waals surface area contributed by atoms with E-state index in [-0.39, 0.29) is 5.69 Å². The second-order valence-electron chi connectivity index (χ2n) is 4.71. The Labute approximate surface area is 131 Å². The summed E-state index contributed by atoms with van der Waals surface area (Å²) < 4.78 is 4.15. The Balaban J connectivity index is 2.31. The van der Waals surface area contributed by atoms with Gasteiger partial charge in [-0.15, -0.1) is 0 Å². The number of aromatic nitrogens is 2. The molecule has 2 amide bonds. The molecule has 2 rings (SSSR count). The van der Waals surface area contributed by atoms with E-state index in [9.17, 15) is 9.59 Å². The van der Waals surface area contributed by atoms with E-state index >= 15 is 0 Å². The van der Waals surface area contributed by atoms with Crippen molar-refractivity contribution < 1.29 is 9.59 Å². The highest BCUT2D eigenvalue weighted by molar-refractivity contribution is 7.10. The van der Waals surface area contributed by atoms with Crippen LogP contribution in [0.2, 0.25) is 0 Å². The van der Waals surface area contributed by atoms with Crippen LogP contribution in [0.25, 0.3) is 0 Å². The van der Waals surface area contributed by atoms with Gasteiger partial charge in [0.05, 0.1) is 23.3 Å². The number of primary amides is 2. The summed E-state index contributed by atoms with van der Waals surface area (Å²) in [6, 6.07) is 2.91. The van der Waals surface area contributed by atoms with Gasteiger partial charge in [0.15, 0.2) is 5.69 Å². The van der Waals surface area contributed by atoms with Gasteiger partial charge in [-0.3, -0.25) is 9.59 Å². The lowest BCUT2D eigenvalue weighted by molar-refractivity contribution is -0.118. The van der Waals surface area contributed by atoms with Gasteiger partial charge >= 0.3 is 0 Å². The molecule has 0 saturated heterocycles. The van der Waals surface area contributed by atoms with Crippen molar-refractivity contribution in [2.24, 2.45) is 11.5 Å². The lowest BCUT2D eigenvalue weighted by atomic mass is 10.2. The fraction of sp³-hybridized carbons (Fsp3) is 0.231. The van der Waals surface area contributed by atoms with E-state index in [4.69, 9.17) is 11.5 Å². The standard InChI is InChI=1S/C13H16N6O2S/c1-6-3-10(22-19-6)18-9-4-8(17-7(2)12(14)20)5-16-11(9)13(15)21/h3-5,7,17-18H,1-2H3,(H2,14,20)(H2,15,21). The molecular weight excluding hydrogens is 304 g/mol. The zero-order valence-corrected chi connectivity index (χ0v) is 12.9. The van der Waals surface area contributed by atoms with Gasteiger partial charge in [0.25, 0.3) is 5.91 Å². The predicted octanol–water partition coefficient (Wildman–Crippen LogP) is 0.975. The number of anilines is 3. The maximum absolute atomic E-state index is 11.5. The number of nitrogens with two attached hydrogens (primary N) is 2. The maximum Gasteiger partial charge on any atom is 0.269 e. The third-order valence-corrected chi connectivity index (χ3v) is 3.61. The van der Waals surface area contributed by atoms with Crippen LogP contribution in [-0.2, 0) is 4.79 Å². The van der Waals surface area contributed by atoms with Crippen LogP contribution in [0.15, 0.2) is 18.3 Å². The van der Waals surface area contributed by atoms with Crippen LogP contribution in [0, 0.1) is 6.92 Å². The van der Waals surface area contributed by atoms with Gasteiger partial charge in [-0.05, 0) is 37.5 Å². The van der Waals surface area contributed by atoms with Crippen molar-refractivity contribution >= 4 is 39.7 Å². The van der Waals surface area contributed by atoms with E-state index in [1.165, 1.54) is 17.7 Å². The molecule has 0 aliphatic rings. The molecule has 116 valence electrons. The molecule has 22 heavy (non-hydrogen) atoms. The summed E-state index contributed by atoms with van der Waals surface area (Å²) in [5, 5.41) is 6.70. The average molecular weight is 320 g/mol. The van der Waals surface area contributed by atoms with Crippen LogP contribution in [0.3, 0.4) is 0 Å². The Morgan fingerprint density at radius 2 is 2.05 bits per heavy atom.